The van der Waals surface area contributed by atoms with Gasteiger partial charge in [-0.1, -0.05) is 60.7 Å². The van der Waals surface area contributed by atoms with Gasteiger partial charge in [-0.05, 0) is 29.3 Å². The van der Waals surface area contributed by atoms with Crippen molar-refractivity contribution in [1.29, 1.82) is 0 Å². The van der Waals surface area contributed by atoms with Crippen LogP contribution in [0, 0.1) is 0 Å². The first-order valence-corrected chi connectivity index (χ1v) is 9.47. The fraction of sp³-hybridized carbons (Fsp3) is 0.167. The average molecular weight is 404 g/mol. The molecule has 0 saturated heterocycles. The minimum atomic E-state index is -0.949. The molecule has 6 heteroatoms. The highest BCUT2D eigenvalue weighted by atomic mass is 16.5. The van der Waals surface area contributed by atoms with Crippen LogP contribution in [0.2, 0.25) is 0 Å². The van der Waals surface area contributed by atoms with E-state index < -0.39 is 23.8 Å². The standard InChI is InChI=1S/C24H24N2O4/c1-29-19-14-13-18(15-20(19)30-2)24(28)26-22(23(25)27)21(16-9-5-3-6-10-16)17-11-7-4-8-12-17/h3-15,21-22H,1-2H3,(H2,25,27)(H,26,28). The van der Waals surface area contributed by atoms with E-state index in [-0.39, 0.29) is 0 Å². The first-order chi connectivity index (χ1) is 14.5. The quantitative estimate of drug-likeness (QED) is 0.604. The minimum absolute atomic E-state index is 0.332. The van der Waals surface area contributed by atoms with E-state index in [1.165, 1.54) is 14.2 Å². The molecule has 0 fully saturated rings. The molecule has 0 aromatic heterocycles. The topological polar surface area (TPSA) is 90.6 Å². The second kappa shape index (κ2) is 9.60. The number of carbonyl (C=O) groups excluding carboxylic acids is 2. The number of benzene rings is 3. The van der Waals surface area contributed by atoms with Crippen LogP contribution >= 0.6 is 0 Å². The van der Waals surface area contributed by atoms with Gasteiger partial charge >= 0.3 is 0 Å². The Morgan fingerprint density at radius 1 is 0.800 bits per heavy atom. The number of primary amides is 1. The van der Waals surface area contributed by atoms with Gasteiger partial charge in [0.2, 0.25) is 5.91 Å². The Balaban J connectivity index is 1.97. The van der Waals surface area contributed by atoms with Crippen LogP contribution in [0.4, 0.5) is 0 Å². The molecule has 0 bridgehead atoms. The number of hydrogen-bond acceptors (Lipinski definition) is 4. The lowest BCUT2D eigenvalue weighted by molar-refractivity contribution is -0.120. The molecule has 0 aliphatic rings. The molecule has 0 spiro atoms. The van der Waals surface area contributed by atoms with Crippen LogP contribution < -0.4 is 20.5 Å². The Kier molecular flexibility index (Phi) is 6.70. The van der Waals surface area contributed by atoms with Crippen LogP contribution in [0.5, 0.6) is 11.5 Å². The van der Waals surface area contributed by atoms with Gasteiger partial charge in [0, 0.05) is 11.5 Å². The van der Waals surface area contributed by atoms with Crippen LogP contribution in [0.15, 0.2) is 78.9 Å². The lowest BCUT2D eigenvalue weighted by Crippen LogP contribution is -2.48. The molecule has 0 heterocycles. The van der Waals surface area contributed by atoms with Gasteiger partial charge in [-0.2, -0.15) is 0 Å². The zero-order valence-corrected chi connectivity index (χ0v) is 16.9. The van der Waals surface area contributed by atoms with Gasteiger partial charge < -0.3 is 20.5 Å². The van der Waals surface area contributed by atoms with Crippen molar-refractivity contribution in [3.8, 4) is 11.5 Å². The smallest absolute Gasteiger partial charge is 0.252 e. The van der Waals surface area contributed by atoms with Crippen LogP contribution in [-0.4, -0.2) is 32.1 Å². The van der Waals surface area contributed by atoms with E-state index in [0.717, 1.165) is 11.1 Å². The molecule has 3 rings (SSSR count). The van der Waals surface area contributed by atoms with Gasteiger partial charge in [0.25, 0.3) is 5.91 Å². The van der Waals surface area contributed by atoms with Gasteiger partial charge in [-0.25, -0.2) is 0 Å². The highest BCUT2D eigenvalue weighted by Crippen LogP contribution is 2.30. The summed E-state index contributed by atoms with van der Waals surface area (Å²) in [7, 11) is 3.01. The summed E-state index contributed by atoms with van der Waals surface area (Å²) in [4.78, 5) is 25.4. The predicted octanol–water partition coefficient (Wildman–Crippen LogP) is 3.12. The summed E-state index contributed by atoms with van der Waals surface area (Å²) in [5.41, 5.74) is 7.82. The monoisotopic (exact) mass is 404 g/mol. The summed E-state index contributed by atoms with van der Waals surface area (Å²) in [5, 5.41) is 2.81. The normalized spacial score (nSPS) is 11.6. The second-order valence-electron chi connectivity index (χ2n) is 6.72. The van der Waals surface area contributed by atoms with Crippen LogP contribution in [0.3, 0.4) is 0 Å². The molecule has 0 saturated carbocycles. The van der Waals surface area contributed by atoms with Gasteiger partial charge in [0.15, 0.2) is 11.5 Å². The van der Waals surface area contributed by atoms with Crippen molar-refractivity contribution in [1.82, 2.24) is 5.32 Å². The minimum Gasteiger partial charge on any atom is -0.493 e. The third kappa shape index (κ3) is 4.60. The molecule has 6 nitrogen and oxygen atoms in total. The number of ether oxygens (including phenoxy) is 2. The summed E-state index contributed by atoms with van der Waals surface area (Å²) in [6.07, 6.45) is 0. The molecule has 0 aliphatic carbocycles. The molecular weight excluding hydrogens is 380 g/mol. The van der Waals surface area contributed by atoms with Crippen molar-refractivity contribution in [2.45, 2.75) is 12.0 Å². The lowest BCUT2D eigenvalue weighted by Gasteiger charge is -2.27. The summed E-state index contributed by atoms with van der Waals surface area (Å²) in [6.45, 7) is 0. The number of hydrogen-bond donors (Lipinski definition) is 2. The maximum atomic E-state index is 13.0. The van der Waals surface area contributed by atoms with Crippen LogP contribution in [0.25, 0.3) is 0 Å². The molecule has 2 amide bonds. The van der Waals surface area contributed by atoms with Crippen LogP contribution in [-0.2, 0) is 4.79 Å². The molecule has 0 radical (unpaired) electrons. The lowest BCUT2D eigenvalue weighted by atomic mass is 9.84. The number of carbonyl (C=O) groups is 2. The number of rotatable bonds is 8. The molecule has 3 N–H and O–H groups in total. The van der Waals surface area contributed by atoms with Crippen molar-refractivity contribution < 1.29 is 19.1 Å². The Bertz CT molecular complexity index is 967. The highest BCUT2D eigenvalue weighted by Gasteiger charge is 2.31. The molecule has 0 aliphatic heterocycles. The first kappa shape index (κ1) is 20.9. The Hall–Kier alpha value is -3.80. The largest absolute Gasteiger partial charge is 0.493 e. The SMILES string of the molecule is COc1ccc(C(=O)NC(C(N)=O)C(c2ccccc2)c2ccccc2)cc1OC. The van der Waals surface area contributed by atoms with Crippen molar-refractivity contribution >= 4 is 11.8 Å². The number of methoxy groups -OCH3 is 2. The van der Waals surface area contributed by atoms with E-state index in [1.807, 2.05) is 60.7 Å². The summed E-state index contributed by atoms with van der Waals surface area (Å²) >= 11 is 0. The Morgan fingerprint density at radius 2 is 1.33 bits per heavy atom. The summed E-state index contributed by atoms with van der Waals surface area (Å²) in [6, 6.07) is 22.9. The number of amides is 2. The van der Waals surface area contributed by atoms with Crippen molar-refractivity contribution in [2.24, 2.45) is 5.73 Å². The van der Waals surface area contributed by atoms with E-state index in [0.29, 0.717) is 17.1 Å². The molecule has 3 aromatic carbocycles. The van der Waals surface area contributed by atoms with E-state index in [1.54, 1.807) is 18.2 Å². The second-order valence-corrected chi connectivity index (χ2v) is 6.72. The molecule has 3 aromatic rings. The van der Waals surface area contributed by atoms with Crippen molar-refractivity contribution in [2.75, 3.05) is 14.2 Å². The van der Waals surface area contributed by atoms with Crippen LogP contribution in [0.1, 0.15) is 27.4 Å². The maximum Gasteiger partial charge on any atom is 0.252 e. The van der Waals surface area contributed by atoms with E-state index in [9.17, 15) is 9.59 Å². The highest BCUT2D eigenvalue weighted by molar-refractivity contribution is 5.98. The number of nitrogens with two attached hydrogens (primary N) is 1. The zero-order chi connectivity index (χ0) is 21.5. The fourth-order valence-electron chi connectivity index (χ4n) is 3.42. The third-order valence-electron chi connectivity index (χ3n) is 4.89. The van der Waals surface area contributed by atoms with E-state index in [4.69, 9.17) is 15.2 Å². The first-order valence-electron chi connectivity index (χ1n) is 9.47. The Morgan fingerprint density at radius 3 is 1.80 bits per heavy atom. The molecular formula is C24H24N2O4. The van der Waals surface area contributed by atoms with E-state index >= 15 is 0 Å². The maximum absolute atomic E-state index is 13.0. The van der Waals surface area contributed by atoms with Crippen molar-refractivity contribution in [3.63, 3.8) is 0 Å². The van der Waals surface area contributed by atoms with E-state index in [2.05, 4.69) is 5.32 Å². The molecule has 1 unspecified atom stereocenters. The Labute approximate surface area is 175 Å². The third-order valence-corrected chi connectivity index (χ3v) is 4.89. The van der Waals surface area contributed by atoms with Gasteiger partial charge in [0.1, 0.15) is 6.04 Å². The number of nitrogens with one attached hydrogen (secondary N) is 1. The summed E-state index contributed by atoms with van der Waals surface area (Å²) < 4.78 is 10.5. The fourth-order valence-corrected chi connectivity index (χ4v) is 3.42. The molecule has 30 heavy (non-hydrogen) atoms. The molecule has 1 atom stereocenters. The van der Waals surface area contributed by atoms with Gasteiger partial charge in [-0.3, -0.25) is 9.59 Å². The summed E-state index contributed by atoms with van der Waals surface area (Å²) in [5.74, 6) is -0.567. The molecule has 154 valence electrons. The predicted molar refractivity (Wildman–Crippen MR) is 115 cm³/mol. The van der Waals surface area contributed by atoms with Gasteiger partial charge in [-0.15, -0.1) is 0 Å². The zero-order valence-electron chi connectivity index (χ0n) is 16.9. The van der Waals surface area contributed by atoms with Crippen molar-refractivity contribution in [3.05, 3.63) is 95.6 Å². The van der Waals surface area contributed by atoms with Gasteiger partial charge in [0.05, 0.1) is 14.2 Å². The average Bonchev–Trinajstić information content (AvgIpc) is 2.79.